The molecule has 5 amide bonds. The lowest BCUT2D eigenvalue weighted by Gasteiger charge is -2.31. The molecule has 9 aromatic carbocycles. The Labute approximate surface area is 826 Å². The van der Waals surface area contributed by atoms with Crippen molar-refractivity contribution in [2.45, 2.75) is 226 Å². The van der Waals surface area contributed by atoms with Crippen molar-refractivity contribution in [2.24, 2.45) is 11.8 Å². The molecule has 752 valence electrons. The number of aromatic carboxylic acids is 2. The fourth-order valence-electron chi connectivity index (χ4n) is 17.5. The van der Waals surface area contributed by atoms with Crippen LogP contribution in [0.3, 0.4) is 0 Å². The number of para-hydroxylation sites is 7. The number of carbonyl (C=O) groups is 14. The van der Waals surface area contributed by atoms with E-state index in [-0.39, 0.29) is 73.1 Å². The summed E-state index contributed by atoms with van der Waals surface area (Å²) in [6.07, 6.45) is 7.24. The number of amides is 5. The van der Waals surface area contributed by atoms with E-state index < -0.39 is 108 Å². The van der Waals surface area contributed by atoms with E-state index in [1.54, 1.807) is 152 Å². The Morgan fingerprint density at radius 3 is 1.10 bits per heavy atom. The maximum Gasteiger partial charge on any atom is 0.435 e. The van der Waals surface area contributed by atoms with Crippen molar-refractivity contribution < 1.29 is 127 Å². The van der Waals surface area contributed by atoms with Gasteiger partial charge in [0.2, 0.25) is 11.8 Å². The van der Waals surface area contributed by atoms with Crippen LogP contribution >= 0.6 is 0 Å². The van der Waals surface area contributed by atoms with Gasteiger partial charge in [-0.2, -0.15) is 19.6 Å². The van der Waals surface area contributed by atoms with Crippen LogP contribution in [0.15, 0.2) is 231 Å². The van der Waals surface area contributed by atoms with Crippen molar-refractivity contribution in [1.29, 1.82) is 0 Å². The molecule has 0 N–H and O–H groups in total. The summed E-state index contributed by atoms with van der Waals surface area (Å²) in [5.74, 6) is -9.33. The zero-order chi connectivity index (χ0) is 104. The molecule has 1 saturated carbocycles. The second-order valence-electron chi connectivity index (χ2n) is 36.1. The highest BCUT2D eigenvalue weighted by Gasteiger charge is 2.43. The number of hydrogen-bond acceptors (Lipinski definition) is 28. The van der Waals surface area contributed by atoms with Gasteiger partial charge in [-0.3, -0.25) is 24.3 Å². The van der Waals surface area contributed by atoms with Crippen LogP contribution in [0.4, 0.5) is 52.4 Å². The Hall–Kier alpha value is -16.1. The van der Waals surface area contributed by atoms with E-state index in [1.165, 1.54) is 21.1 Å². The number of carbonyl (C=O) groups excluding carboxylic acids is 14. The number of unbranched alkanes of at least 4 members (excludes halogenated alkanes) is 1. The lowest BCUT2D eigenvalue weighted by atomic mass is 9.88. The lowest BCUT2D eigenvalue weighted by molar-refractivity contribution is -0.308. The van der Waals surface area contributed by atoms with Crippen molar-refractivity contribution in [2.75, 3.05) is 31.1 Å². The zero-order valence-electron chi connectivity index (χ0n) is 80.9. The van der Waals surface area contributed by atoms with E-state index in [1.807, 2.05) is 134 Å². The van der Waals surface area contributed by atoms with Crippen LogP contribution in [0.5, 0.6) is 0 Å². The Bertz CT molecular complexity index is 6400. The molecule has 1 aliphatic carbocycles. The largest absolute Gasteiger partial charge is 0.548 e. The van der Waals surface area contributed by atoms with Gasteiger partial charge in [0.05, 0.1) is 125 Å². The first-order valence-corrected chi connectivity index (χ1v) is 47.3. The number of benzene rings is 9. The number of carboxylic acids is 7. The fraction of sp³-hybridized carbons (Fsp3) is 0.352. The summed E-state index contributed by atoms with van der Waals surface area (Å²) in [6, 6.07) is 63.0. The van der Waals surface area contributed by atoms with E-state index in [9.17, 15) is 103 Å². The minimum Gasteiger partial charge on any atom is -0.548 e. The molecule has 0 spiro atoms. The molecule has 5 aliphatic heterocycles. The number of ether oxygens (including phenoxy) is 5. The second kappa shape index (κ2) is 49.6. The predicted molar refractivity (Wildman–Crippen MR) is 513 cm³/mol. The van der Waals surface area contributed by atoms with Crippen molar-refractivity contribution in [3.8, 4) is 0 Å². The van der Waals surface area contributed by atoms with Crippen LogP contribution in [0, 0.1) is 11.8 Å². The summed E-state index contributed by atoms with van der Waals surface area (Å²) in [4.78, 5) is 171. The number of nitrogens with zero attached hydrogens (tertiary/aromatic N) is 9. The topological polar surface area (TPSA) is 498 Å². The molecule has 7 atom stereocenters. The Balaban J connectivity index is 0.000000159. The summed E-state index contributed by atoms with van der Waals surface area (Å²) >= 11 is 0. The number of fused-ring (bicyclic) bond motifs is 7. The monoisotopic (exact) mass is 1950 g/mol. The van der Waals surface area contributed by atoms with E-state index >= 15 is 0 Å². The van der Waals surface area contributed by atoms with Gasteiger partial charge < -0.3 is 103 Å². The van der Waals surface area contributed by atoms with Crippen molar-refractivity contribution >= 4 is 134 Å². The molecule has 11 aromatic rings. The summed E-state index contributed by atoms with van der Waals surface area (Å²) in [5.41, 5.74) is 8.67. The Morgan fingerprint density at radius 1 is 0.378 bits per heavy atom. The molecule has 17 rings (SSSR count). The number of anilines is 5. The Morgan fingerprint density at radius 2 is 0.720 bits per heavy atom. The van der Waals surface area contributed by atoms with Crippen molar-refractivity contribution in [3.05, 3.63) is 281 Å². The standard InChI is InChI=1S/C19H19NO3.C18H25NO4.C17H15NO4.C16H19NO3.C13H14N2O4.C13H15NO4.C12H12N2O4/c1-2-15(13-8-4-3-5-9-13)18(21)20-16-11-7-6-10-14(16)12-17(20)19(22)23;1-3-5-8-13(4-2)12-23-18(22)19-15-10-7-6-9-14(15)11-16(19)17(20)21;19-16(20)15-10-13-8-4-5-9-14(13)18(15)17(21)22-11-12-6-2-1-3-7-12;18-15(11-6-2-1-3-7-11)17-13-9-5-4-8-12(13)10-14(17)16(19)20;1-13(2,3)19-12(18)15-9-7-5-4-6-8(9)10(14-15)11(16)17;1-8(2)18-13(17)14-10-6-4-3-5-9(10)7-11(14)12(15)16;1-7(2)18-12(17)14-9-6-4-3-5-8(9)10(13-14)11(15)16/h3-11,15,17H,2,12H2,1H3,(H,22,23);6-7,9-10,13,16H,3-5,8,11-12H2,1-2H3,(H,20,21);1-9,15H,10-11H2,(H,19,20);4-5,8-9,11,14H,1-3,6-7,10H2,(H,19,20);4-7H,1-3H3,(H,16,17);3-6,8,11H,7H2,1-2H3,(H,15,16);3-7H,1-2H3,(H,15,16)/p-7. The third-order valence-corrected chi connectivity index (χ3v) is 24.3. The van der Waals surface area contributed by atoms with Gasteiger partial charge in [-0.05, 0) is 161 Å². The van der Waals surface area contributed by atoms with Gasteiger partial charge in [0.15, 0.2) is 0 Å². The highest BCUT2D eigenvalue weighted by atomic mass is 16.6. The SMILES string of the molecule is CC(C)(C)OC(=O)n1nc(C(=O)[O-])c2ccccc21.CC(C)OC(=O)N1c2ccccc2CC1C(=O)[O-].CC(C)OC(=O)n1nc(C(=O)[O-])c2ccccc21.CCC(C(=O)N1c2ccccc2CC1C(=O)[O-])c1ccccc1.CCCCC(CC)COC(=O)N1c2ccccc2CC1C(=O)[O-].O=C([O-])C1Cc2ccccc2N1C(=O)C1CCCCC1.O=C([O-])C1Cc2ccccc2N1C(=O)OCc1ccccc1. The maximum absolute atomic E-state index is 13.1. The predicted octanol–water partition coefficient (Wildman–Crippen LogP) is 9.88. The molecular formula is C108H112N9O26-7. The summed E-state index contributed by atoms with van der Waals surface area (Å²) in [6.45, 7) is 18.5. The molecule has 0 bridgehead atoms. The van der Waals surface area contributed by atoms with E-state index in [2.05, 4.69) is 24.0 Å². The lowest BCUT2D eigenvalue weighted by Crippen LogP contribution is -2.51. The van der Waals surface area contributed by atoms with E-state index in [0.29, 0.717) is 76.3 Å². The van der Waals surface area contributed by atoms with Gasteiger partial charge in [-0.15, -0.1) is 0 Å². The first kappa shape index (κ1) is 107. The van der Waals surface area contributed by atoms with Crippen LogP contribution < -0.4 is 60.2 Å². The fourth-order valence-corrected chi connectivity index (χ4v) is 17.5. The van der Waals surface area contributed by atoms with Crippen LogP contribution in [-0.2, 0) is 96.0 Å². The van der Waals surface area contributed by atoms with Gasteiger partial charge in [-0.1, -0.05) is 247 Å². The third-order valence-electron chi connectivity index (χ3n) is 24.3. The number of aromatic nitrogens is 4. The van der Waals surface area contributed by atoms with Crippen LogP contribution in [0.2, 0.25) is 0 Å². The highest BCUT2D eigenvalue weighted by molar-refractivity contribution is 6.07. The van der Waals surface area contributed by atoms with Crippen LogP contribution in [-0.4, -0.2) is 158 Å². The summed E-state index contributed by atoms with van der Waals surface area (Å²) in [5, 5.41) is 86.8. The van der Waals surface area contributed by atoms with Crippen molar-refractivity contribution in [3.63, 3.8) is 0 Å². The molecule has 0 saturated heterocycles. The first-order chi connectivity index (χ1) is 68.4. The normalized spacial score (nSPS) is 16.4. The first-order valence-electron chi connectivity index (χ1n) is 47.3. The average Bonchev–Trinajstić information content (AvgIpc) is 1.61. The molecule has 7 heterocycles. The number of aliphatic carboxylic acids is 5. The van der Waals surface area contributed by atoms with Gasteiger partial charge >= 0.3 is 30.5 Å². The molecule has 35 heteroatoms. The third kappa shape index (κ3) is 26.9. The second-order valence-corrected chi connectivity index (χ2v) is 36.1. The van der Waals surface area contributed by atoms with Gasteiger partial charge in [0, 0.05) is 60.2 Å². The van der Waals surface area contributed by atoms with Crippen LogP contribution in [0.1, 0.15) is 199 Å². The molecule has 143 heavy (non-hydrogen) atoms. The van der Waals surface area contributed by atoms with Gasteiger partial charge in [0.25, 0.3) is 0 Å². The minimum atomic E-state index is -1.43. The van der Waals surface area contributed by atoms with E-state index in [4.69, 9.17) is 23.7 Å². The zero-order valence-corrected chi connectivity index (χ0v) is 80.9. The molecule has 2 aromatic heterocycles. The minimum absolute atomic E-state index is 0.0308. The highest BCUT2D eigenvalue weighted by Crippen LogP contribution is 2.41. The molecular weight excluding hydrogens is 1840 g/mol. The number of carboxylic acid groups (broad SMARTS) is 7. The quantitative estimate of drug-likeness (QED) is 0.0603. The van der Waals surface area contributed by atoms with Gasteiger partial charge in [-0.25, -0.2) is 24.0 Å². The van der Waals surface area contributed by atoms with Gasteiger partial charge in [0.1, 0.15) is 23.6 Å². The molecule has 1 fully saturated rings. The smallest absolute Gasteiger partial charge is 0.435 e. The Kier molecular flexibility index (Phi) is 37.3. The maximum atomic E-state index is 13.1. The molecule has 0 radical (unpaired) electrons. The number of hydrogen-bond donors (Lipinski definition) is 0. The molecule has 6 aliphatic rings. The summed E-state index contributed by atoms with van der Waals surface area (Å²) in [7, 11) is 0. The van der Waals surface area contributed by atoms with Crippen LogP contribution in [0.25, 0.3) is 21.8 Å². The average molecular weight is 1950 g/mol. The van der Waals surface area contributed by atoms with E-state index in [0.717, 1.165) is 115 Å². The van der Waals surface area contributed by atoms with Crippen molar-refractivity contribution in [1.82, 2.24) is 19.6 Å². The number of rotatable bonds is 21. The molecule has 35 nitrogen and oxygen atoms in total. The molecule has 7 unspecified atom stereocenters. The summed E-state index contributed by atoms with van der Waals surface area (Å²) < 4.78 is 27.7.